The van der Waals surface area contributed by atoms with Crippen LogP contribution in [0.2, 0.25) is 0 Å². The summed E-state index contributed by atoms with van der Waals surface area (Å²) >= 11 is 0. The highest BCUT2D eigenvalue weighted by Crippen LogP contribution is 2.45. The maximum absolute atomic E-state index is 11.6. The van der Waals surface area contributed by atoms with E-state index >= 15 is 0 Å². The van der Waals surface area contributed by atoms with E-state index in [4.69, 9.17) is 0 Å². The molecule has 2 unspecified atom stereocenters. The van der Waals surface area contributed by atoms with Crippen LogP contribution >= 0.6 is 0 Å². The van der Waals surface area contributed by atoms with Gasteiger partial charge in [0.15, 0.2) is 11.5 Å². The molecule has 2 saturated carbocycles. The summed E-state index contributed by atoms with van der Waals surface area (Å²) in [6, 6.07) is 14.3. The Balaban J connectivity index is 0.000000231. The van der Waals surface area contributed by atoms with Crippen molar-refractivity contribution in [2.75, 3.05) is 20.1 Å². The molecule has 1 amide bonds. The number of carbonyl (C=O) groups is 1. The van der Waals surface area contributed by atoms with Crippen molar-refractivity contribution < 1.29 is 20.1 Å². The fourth-order valence-corrected chi connectivity index (χ4v) is 5.69. The van der Waals surface area contributed by atoms with Gasteiger partial charge >= 0.3 is 0 Å². The first-order valence-corrected chi connectivity index (χ1v) is 12.6. The molecule has 5 rings (SSSR count). The third-order valence-corrected chi connectivity index (χ3v) is 7.79. The van der Waals surface area contributed by atoms with E-state index in [9.17, 15) is 20.1 Å². The van der Waals surface area contributed by atoms with Crippen molar-refractivity contribution in [1.29, 1.82) is 0 Å². The smallest absolute Gasteiger partial charge is 0.251 e. The molecule has 6 heteroatoms. The molecule has 2 aromatic carbocycles. The lowest BCUT2D eigenvalue weighted by atomic mass is 9.66. The Bertz CT molecular complexity index is 962. The number of fused-ring (bicyclic) bond motifs is 1. The predicted octanol–water partition coefficient (Wildman–Crippen LogP) is 4.09. The minimum Gasteiger partial charge on any atom is -0.504 e. The quantitative estimate of drug-likeness (QED) is 0.498. The van der Waals surface area contributed by atoms with Gasteiger partial charge in [-0.15, -0.1) is 0 Å². The van der Waals surface area contributed by atoms with E-state index < -0.39 is 5.60 Å². The van der Waals surface area contributed by atoms with E-state index in [0.717, 1.165) is 56.7 Å². The Labute approximate surface area is 202 Å². The normalized spacial score (nSPS) is 26.6. The summed E-state index contributed by atoms with van der Waals surface area (Å²) in [6.45, 7) is 2.18. The molecule has 34 heavy (non-hydrogen) atoms. The first-order valence-electron chi connectivity index (χ1n) is 12.6. The highest BCUT2D eigenvalue weighted by Gasteiger charge is 2.50. The van der Waals surface area contributed by atoms with Crippen molar-refractivity contribution in [1.82, 2.24) is 10.2 Å². The zero-order chi connectivity index (χ0) is 24.1. The number of piperidine rings is 1. The molecule has 0 radical (unpaired) electrons. The number of carbonyl (C=O) groups excluding carboxylic acids is 1. The Morgan fingerprint density at radius 2 is 1.79 bits per heavy atom. The molecule has 6 nitrogen and oxygen atoms in total. The van der Waals surface area contributed by atoms with Gasteiger partial charge in [0.2, 0.25) is 0 Å². The van der Waals surface area contributed by atoms with Crippen LogP contribution in [0.5, 0.6) is 11.5 Å². The number of amides is 1. The van der Waals surface area contributed by atoms with Crippen LogP contribution in [0.1, 0.15) is 60.9 Å². The van der Waals surface area contributed by atoms with Gasteiger partial charge in [0.25, 0.3) is 5.91 Å². The minimum atomic E-state index is -0.598. The number of nitrogens with zero attached hydrogens (tertiary/aromatic N) is 1. The second-order valence-corrected chi connectivity index (χ2v) is 10.1. The van der Waals surface area contributed by atoms with Gasteiger partial charge in [-0.05, 0) is 86.7 Å². The fraction of sp³-hybridized carbons (Fsp3) is 0.536. The third-order valence-electron chi connectivity index (χ3n) is 7.79. The van der Waals surface area contributed by atoms with Crippen LogP contribution in [-0.4, -0.2) is 57.9 Å². The van der Waals surface area contributed by atoms with E-state index in [1.165, 1.54) is 19.3 Å². The third kappa shape index (κ3) is 5.73. The Hall–Kier alpha value is -2.57. The summed E-state index contributed by atoms with van der Waals surface area (Å²) in [5, 5.41) is 33.5. The van der Waals surface area contributed by atoms with Crippen LogP contribution in [0.3, 0.4) is 0 Å². The van der Waals surface area contributed by atoms with Crippen LogP contribution in [-0.2, 0) is 6.42 Å². The van der Waals surface area contributed by atoms with Crippen molar-refractivity contribution in [3.8, 4) is 11.5 Å². The van der Waals surface area contributed by atoms with Gasteiger partial charge in [0, 0.05) is 25.2 Å². The Kier molecular flexibility index (Phi) is 7.79. The molecule has 4 N–H and O–H groups in total. The molecule has 0 spiro atoms. The second kappa shape index (κ2) is 10.8. The summed E-state index contributed by atoms with van der Waals surface area (Å²) in [7, 11) is 1.62. The largest absolute Gasteiger partial charge is 0.504 e. The summed E-state index contributed by atoms with van der Waals surface area (Å²) in [4.78, 5) is 13.4. The molecule has 0 bridgehead atoms. The number of likely N-dealkylation sites (tertiary alicyclic amines) is 1. The number of hydrogen-bond acceptors (Lipinski definition) is 5. The van der Waals surface area contributed by atoms with Crippen LogP contribution < -0.4 is 5.32 Å². The van der Waals surface area contributed by atoms with Gasteiger partial charge in [-0.3, -0.25) is 9.69 Å². The van der Waals surface area contributed by atoms with E-state index in [-0.39, 0.29) is 23.4 Å². The lowest BCUT2D eigenvalue weighted by molar-refractivity contribution is -0.141. The van der Waals surface area contributed by atoms with Gasteiger partial charge in [-0.1, -0.05) is 37.1 Å². The zero-order valence-corrected chi connectivity index (χ0v) is 20.1. The molecule has 1 saturated heterocycles. The molecule has 1 aliphatic heterocycles. The van der Waals surface area contributed by atoms with E-state index in [1.807, 2.05) is 24.3 Å². The molecular formula is C28H38N2O4. The molecule has 184 valence electrons. The zero-order valence-electron chi connectivity index (χ0n) is 20.1. The predicted molar refractivity (Wildman–Crippen MR) is 133 cm³/mol. The highest BCUT2D eigenvalue weighted by molar-refractivity contribution is 5.93. The molecule has 2 aliphatic carbocycles. The molecule has 1 heterocycles. The van der Waals surface area contributed by atoms with Gasteiger partial charge in [0.05, 0.1) is 5.60 Å². The number of rotatable bonds is 5. The van der Waals surface area contributed by atoms with Gasteiger partial charge in [0.1, 0.15) is 0 Å². The first kappa shape index (κ1) is 24.6. The summed E-state index contributed by atoms with van der Waals surface area (Å²) < 4.78 is 0. The van der Waals surface area contributed by atoms with Crippen molar-refractivity contribution in [2.45, 2.75) is 63.0 Å². The lowest BCUT2D eigenvalue weighted by Crippen LogP contribution is -2.63. The lowest BCUT2D eigenvalue weighted by Gasteiger charge is -2.54. The van der Waals surface area contributed by atoms with Gasteiger partial charge in [-0.2, -0.15) is 0 Å². The SMILES string of the molecule is CNC(=O)c1ccccc1.Oc1ccc(C[C@H]2N(CC3CC3)CCC3CCCCC32O)cc1O. The van der Waals surface area contributed by atoms with Crippen LogP contribution in [0.25, 0.3) is 0 Å². The van der Waals surface area contributed by atoms with Crippen LogP contribution in [0, 0.1) is 11.8 Å². The molecular weight excluding hydrogens is 428 g/mol. The molecule has 3 fully saturated rings. The summed E-state index contributed by atoms with van der Waals surface area (Å²) in [6.07, 6.45) is 8.90. The van der Waals surface area contributed by atoms with Gasteiger partial charge in [-0.25, -0.2) is 0 Å². The van der Waals surface area contributed by atoms with Crippen molar-refractivity contribution in [3.05, 3.63) is 59.7 Å². The maximum atomic E-state index is 11.6. The summed E-state index contributed by atoms with van der Waals surface area (Å²) in [5.41, 5.74) is 1.10. The molecule has 3 aliphatic rings. The number of aliphatic hydroxyl groups is 1. The Morgan fingerprint density at radius 1 is 1.03 bits per heavy atom. The first-order chi connectivity index (χ1) is 16.4. The maximum Gasteiger partial charge on any atom is 0.251 e. The number of benzene rings is 2. The number of aromatic hydroxyl groups is 2. The van der Waals surface area contributed by atoms with E-state index in [0.29, 0.717) is 11.5 Å². The highest BCUT2D eigenvalue weighted by atomic mass is 16.3. The fourth-order valence-electron chi connectivity index (χ4n) is 5.69. The number of phenols is 2. The van der Waals surface area contributed by atoms with Crippen molar-refractivity contribution in [2.24, 2.45) is 11.8 Å². The van der Waals surface area contributed by atoms with Gasteiger partial charge < -0.3 is 20.6 Å². The monoisotopic (exact) mass is 466 g/mol. The van der Waals surface area contributed by atoms with Crippen molar-refractivity contribution >= 4 is 5.91 Å². The van der Waals surface area contributed by atoms with Crippen LogP contribution in [0.4, 0.5) is 0 Å². The van der Waals surface area contributed by atoms with Crippen molar-refractivity contribution in [3.63, 3.8) is 0 Å². The number of nitrogens with one attached hydrogen (secondary N) is 1. The molecule has 2 aromatic rings. The summed E-state index contributed by atoms with van der Waals surface area (Å²) in [5.74, 6) is 1.04. The number of phenolic OH excluding ortho intramolecular Hbond substituents is 2. The topological polar surface area (TPSA) is 93.0 Å². The Morgan fingerprint density at radius 3 is 2.47 bits per heavy atom. The number of hydrogen-bond donors (Lipinski definition) is 4. The molecule has 0 aromatic heterocycles. The average molecular weight is 467 g/mol. The van der Waals surface area contributed by atoms with Crippen LogP contribution in [0.15, 0.2) is 48.5 Å². The molecule has 3 atom stereocenters. The minimum absolute atomic E-state index is 0.0411. The average Bonchev–Trinajstić information content (AvgIpc) is 3.67. The standard InChI is InChI=1S/C20H29NO3.C8H9NO/c22-17-7-6-15(11-18(17)23)12-19-20(24)9-2-1-3-16(20)8-10-21(19)13-14-4-5-14;1-9-8(10)7-5-3-2-4-6-7/h6-7,11,14,16,19,22-24H,1-5,8-10,12-13H2;2-6H,1H3,(H,9,10)/t16?,19-,20?;/m1./s1. The van der Waals surface area contributed by atoms with E-state index in [2.05, 4.69) is 10.2 Å². The second-order valence-electron chi connectivity index (χ2n) is 10.1. The van der Waals surface area contributed by atoms with E-state index in [1.54, 1.807) is 31.3 Å².